The normalized spacial score (nSPS) is 20.9. The van der Waals surface area contributed by atoms with Gasteiger partial charge in [-0.25, -0.2) is 0 Å². The molecule has 1 atom stereocenters. The molecular formula is C12H18N2O. The van der Waals surface area contributed by atoms with Crippen molar-refractivity contribution in [2.75, 3.05) is 30.9 Å². The van der Waals surface area contributed by atoms with Crippen molar-refractivity contribution in [2.24, 2.45) is 0 Å². The fraction of sp³-hybridized carbons (Fsp3) is 0.500. The molecule has 0 aliphatic carbocycles. The first-order chi connectivity index (χ1) is 7.33. The standard InChI is InChI=1S/C12H18N2O/c1-15-9-10-5-4-8-14(10)12-7-3-2-6-11(12)13/h2-3,6-7,10H,4-5,8-9,13H2,1H3. The summed E-state index contributed by atoms with van der Waals surface area (Å²) in [5.41, 5.74) is 7.99. The number of nitrogen functional groups attached to an aromatic ring is 1. The summed E-state index contributed by atoms with van der Waals surface area (Å²) in [6.45, 7) is 1.87. The van der Waals surface area contributed by atoms with E-state index in [9.17, 15) is 0 Å². The van der Waals surface area contributed by atoms with Gasteiger partial charge in [-0.15, -0.1) is 0 Å². The van der Waals surface area contributed by atoms with Crippen LogP contribution in [0.5, 0.6) is 0 Å². The highest BCUT2D eigenvalue weighted by Crippen LogP contribution is 2.29. The van der Waals surface area contributed by atoms with Gasteiger partial charge < -0.3 is 15.4 Å². The number of nitrogens with two attached hydrogens (primary N) is 1. The minimum atomic E-state index is 0.486. The lowest BCUT2D eigenvalue weighted by molar-refractivity contribution is 0.181. The number of methoxy groups -OCH3 is 1. The summed E-state index contributed by atoms with van der Waals surface area (Å²) in [4.78, 5) is 2.36. The summed E-state index contributed by atoms with van der Waals surface area (Å²) in [5.74, 6) is 0. The molecule has 1 aliphatic rings. The highest BCUT2D eigenvalue weighted by Gasteiger charge is 2.25. The molecule has 0 bridgehead atoms. The summed E-state index contributed by atoms with van der Waals surface area (Å²) in [7, 11) is 1.75. The predicted octanol–water partition coefficient (Wildman–Crippen LogP) is 1.88. The van der Waals surface area contributed by atoms with E-state index in [1.54, 1.807) is 7.11 Å². The van der Waals surface area contributed by atoms with Crippen LogP contribution in [-0.4, -0.2) is 26.3 Å². The molecule has 1 aromatic rings. The first-order valence-corrected chi connectivity index (χ1v) is 5.43. The van der Waals surface area contributed by atoms with Crippen molar-refractivity contribution < 1.29 is 4.74 Å². The maximum Gasteiger partial charge on any atom is 0.0666 e. The van der Waals surface area contributed by atoms with Crippen molar-refractivity contribution in [1.82, 2.24) is 0 Å². The molecule has 2 N–H and O–H groups in total. The van der Waals surface area contributed by atoms with E-state index in [2.05, 4.69) is 11.0 Å². The van der Waals surface area contributed by atoms with Crippen LogP contribution < -0.4 is 10.6 Å². The number of benzene rings is 1. The number of ether oxygens (including phenoxy) is 1. The molecule has 3 nitrogen and oxygen atoms in total. The number of anilines is 2. The SMILES string of the molecule is COCC1CCCN1c1ccccc1N. The summed E-state index contributed by atoms with van der Waals surface area (Å²) in [6.07, 6.45) is 2.42. The number of nitrogens with zero attached hydrogens (tertiary/aromatic N) is 1. The molecule has 15 heavy (non-hydrogen) atoms. The van der Waals surface area contributed by atoms with Gasteiger partial charge >= 0.3 is 0 Å². The van der Waals surface area contributed by atoms with Crippen LogP contribution in [0.3, 0.4) is 0 Å². The molecule has 1 heterocycles. The molecule has 0 spiro atoms. The highest BCUT2D eigenvalue weighted by atomic mass is 16.5. The molecule has 0 aromatic heterocycles. The molecule has 3 heteroatoms. The van der Waals surface area contributed by atoms with E-state index in [4.69, 9.17) is 10.5 Å². The fourth-order valence-corrected chi connectivity index (χ4v) is 2.27. The largest absolute Gasteiger partial charge is 0.397 e. The number of hydrogen-bond donors (Lipinski definition) is 1. The van der Waals surface area contributed by atoms with E-state index in [0.717, 1.165) is 24.5 Å². The van der Waals surface area contributed by atoms with Gasteiger partial charge in [0.15, 0.2) is 0 Å². The monoisotopic (exact) mass is 206 g/mol. The van der Waals surface area contributed by atoms with Crippen LogP contribution in [0.2, 0.25) is 0 Å². The lowest BCUT2D eigenvalue weighted by Gasteiger charge is -2.27. The Kier molecular flexibility index (Phi) is 3.11. The average Bonchev–Trinajstić information content (AvgIpc) is 2.67. The van der Waals surface area contributed by atoms with Crippen LogP contribution in [0, 0.1) is 0 Å². The third-order valence-electron chi connectivity index (χ3n) is 2.98. The third-order valence-corrected chi connectivity index (χ3v) is 2.98. The smallest absolute Gasteiger partial charge is 0.0666 e. The van der Waals surface area contributed by atoms with Gasteiger partial charge in [-0.05, 0) is 25.0 Å². The zero-order valence-electron chi connectivity index (χ0n) is 9.15. The Balaban J connectivity index is 2.19. The zero-order valence-corrected chi connectivity index (χ0v) is 9.15. The molecule has 1 unspecified atom stereocenters. The van der Waals surface area contributed by atoms with Gasteiger partial charge in [0.2, 0.25) is 0 Å². The second-order valence-corrected chi connectivity index (χ2v) is 4.00. The van der Waals surface area contributed by atoms with Gasteiger partial charge in [-0.1, -0.05) is 12.1 Å². The molecule has 1 fully saturated rings. The van der Waals surface area contributed by atoms with Crippen molar-refractivity contribution in [1.29, 1.82) is 0 Å². The van der Waals surface area contributed by atoms with Crippen LogP contribution in [0.25, 0.3) is 0 Å². The van der Waals surface area contributed by atoms with Gasteiger partial charge in [-0.2, -0.15) is 0 Å². The van der Waals surface area contributed by atoms with Crippen LogP contribution in [0.15, 0.2) is 24.3 Å². The predicted molar refractivity (Wildman–Crippen MR) is 63.1 cm³/mol. The van der Waals surface area contributed by atoms with E-state index in [1.165, 1.54) is 12.8 Å². The molecule has 1 saturated heterocycles. The average molecular weight is 206 g/mol. The molecule has 2 rings (SSSR count). The van der Waals surface area contributed by atoms with Crippen molar-refractivity contribution in [3.8, 4) is 0 Å². The Hall–Kier alpha value is -1.22. The number of para-hydroxylation sites is 2. The number of rotatable bonds is 3. The first-order valence-electron chi connectivity index (χ1n) is 5.43. The quantitative estimate of drug-likeness (QED) is 0.767. The third kappa shape index (κ3) is 2.07. The van der Waals surface area contributed by atoms with Crippen molar-refractivity contribution in [3.05, 3.63) is 24.3 Å². The summed E-state index contributed by atoms with van der Waals surface area (Å²) < 4.78 is 5.23. The van der Waals surface area contributed by atoms with Crippen LogP contribution >= 0.6 is 0 Å². The molecule has 0 saturated carbocycles. The van der Waals surface area contributed by atoms with Crippen LogP contribution in [0.1, 0.15) is 12.8 Å². The molecule has 1 aromatic carbocycles. The van der Waals surface area contributed by atoms with Gasteiger partial charge in [-0.3, -0.25) is 0 Å². The number of hydrogen-bond acceptors (Lipinski definition) is 3. The molecule has 1 aliphatic heterocycles. The van der Waals surface area contributed by atoms with Crippen molar-refractivity contribution >= 4 is 11.4 Å². The van der Waals surface area contributed by atoms with Gasteiger partial charge in [0.05, 0.1) is 24.0 Å². The maximum absolute atomic E-state index is 5.98. The van der Waals surface area contributed by atoms with Crippen LogP contribution in [0.4, 0.5) is 11.4 Å². The van der Waals surface area contributed by atoms with Crippen molar-refractivity contribution in [3.63, 3.8) is 0 Å². The van der Waals surface area contributed by atoms with E-state index in [-0.39, 0.29) is 0 Å². The summed E-state index contributed by atoms with van der Waals surface area (Å²) in [6, 6.07) is 8.54. The topological polar surface area (TPSA) is 38.5 Å². The van der Waals surface area contributed by atoms with E-state index < -0.39 is 0 Å². The van der Waals surface area contributed by atoms with E-state index in [0.29, 0.717) is 6.04 Å². The van der Waals surface area contributed by atoms with E-state index in [1.807, 2.05) is 18.2 Å². The minimum absolute atomic E-state index is 0.486. The Morgan fingerprint density at radius 2 is 2.27 bits per heavy atom. The second-order valence-electron chi connectivity index (χ2n) is 4.00. The summed E-state index contributed by atoms with van der Waals surface area (Å²) in [5, 5.41) is 0. The minimum Gasteiger partial charge on any atom is -0.397 e. The van der Waals surface area contributed by atoms with E-state index >= 15 is 0 Å². The van der Waals surface area contributed by atoms with Crippen molar-refractivity contribution in [2.45, 2.75) is 18.9 Å². The Morgan fingerprint density at radius 3 is 3.00 bits per heavy atom. The Morgan fingerprint density at radius 1 is 1.47 bits per heavy atom. The molecule has 0 radical (unpaired) electrons. The maximum atomic E-state index is 5.98. The fourth-order valence-electron chi connectivity index (χ4n) is 2.27. The Bertz CT molecular complexity index is 327. The Labute approximate surface area is 90.8 Å². The lowest BCUT2D eigenvalue weighted by atomic mass is 10.2. The second kappa shape index (κ2) is 4.53. The summed E-state index contributed by atoms with van der Waals surface area (Å²) >= 11 is 0. The van der Waals surface area contributed by atoms with Gasteiger partial charge in [0.1, 0.15) is 0 Å². The molecule has 82 valence electrons. The molecule has 0 amide bonds. The first kappa shape index (κ1) is 10.3. The van der Waals surface area contributed by atoms with Crippen LogP contribution in [-0.2, 0) is 4.74 Å². The highest BCUT2D eigenvalue weighted by molar-refractivity contribution is 5.68. The lowest BCUT2D eigenvalue weighted by Crippen LogP contribution is -2.33. The van der Waals surface area contributed by atoms with Gasteiger partial charge in [0, 0.05) is 13.7 Å². The molecular weight excluding hydrogens is 188 g/mol. The zero-order chi connectivity index (χ0) is 10.7. The van der Waals surface area contributed by atoms with Gasteiger partial charge in [0.25, 0.3) is 0 Å².